The maximum absolute atomic E-state index is 12.7. The van der Waals surface area contributed by atoms with Crippen molar-refractivity contribution >= 4 is 23.2 Å². The molecule has 1 aromatic rings. The first-order valence-electron chi connectivity index (χ1n) is 4.68. The van der Waals surface area contributed by atoms with Crippen LogP contribution in [0.25, 0.3) is 0 Å². The number of benzene rings is 1. The maximum atomic E-state index is 12.7. The summed E-state index contributed by atoms with van der Waals surface area (Å²) in [6.45, 7) is 0.247. The topological polar surface area (TPSA) is 12.0 Å². The SMILES string of the molecule is FC(F)(F)C1NCCc2c1ccc(Cl)c2Cl. The van der Waals surface area contributed by atoms with Gasteiger partial charge in [0.05, 0.1) is 10.0 Å². The Morgan fingerprint density at radius 2 is 1.94 bits per heavy atom. The Balaban J connectivity index is 2.52. The molecule has 1 N–H and O–H groups in total. The van der Waals surface area contributed by atoms with Crippen LogP contribution in [-0.2, 0) is 6.42 Å². The maximum Gasteiger partial charge on any atom is 0.407 e. The third-order valence-electron chi connectivity index (χ3n) is 2.59. The van der Waals surface area contributed by atoms with E-state index in [2.05, 4.69) is 5.32 Å². The summed E-state index contributed by atoms with van der Waals surface area (Å²) in [5, 5.41) is 2.96. The van der Waals surface area contributed by atoms with Crippen molar-refractivity contribution in [3.8, 4) is 0 Å². The van der Waals surface area contributed by atoms with Gasteiger partial charge in [-0.15, -0.1) is 0 Å². The summed E-state index contributed by atoms with van der Waals surface area (Å²) < 4.78 is 38.1. The molecule has 1 aliphatic rings. The molecule has 6 heteroatoms. The molecule has 0 aliphatic carbocycles. The Hall–Kier alpha value is -0.450. The monoisotopic (exact) mass is 269 g/mol. The molecule has 2 rings (SSSR count). The van der Waals surface area contributed by atoms with Crippen LogP contribution in [0.4, 0.5) is 13.2 Å². The largest absolute Gasteiger partial charge is 0.407 e. The van der Waals surface area contributed by atoms with Crippen molar-refractivity contribution in [3.63, 3.8) is 0 Å². The van der Waals surface area contributed by atoms with Gasteiger partial charge in [-0.3, -0.25) is 0 Å². The fourth-order valence-electron chi connectivity index (χ4n) is 1.88. The van der Waals surface area contributed by atoms with Crippen molar-refractivity contribution in [3.05, 3.63) is 33.3 Å². The van der Waals surface area contributed by atoms with E-state index in [1.165, 1.54) is 12.1 Å². The first-order valence-corrected chi connectivity index (χ1v) is 5.43. The molecule has 16 heavy (non-hydrogen) atoms. The fourth-order valence-corrected chi connectivity index (χ4v) is 2.32. The lowest BCUT2D eigenvalue weighted by atomic mass is 9.94. The number of hydrogen-bond donors (Lipinski definition) is 1. The van der Waals surface area contributed by atoms with Crippen LogP contribution < -0.4 is 5.32 Å². The van der Waals surface area contributed by atoms with Gasteiger partial charge in [0.1, 0.15) is 6.04 Å². The van der Waals surface area contributed by atoms with E-state index in [-0.39, 0.29) is 17.1 Å². The van der Waals surface area contributed by atoms with Gasteiger partial charge in [-0.1, -0.05) is 29.3 Å². The molecule has 0 saturated heterocycles. The Bertz CT molecular complexity index is 417. The van der Waals surface area contributed by atoms with Gasteiger partial charge in [0.15, 0.2) is 0 Å². The number of halogens is 5. The molecule has 1 aliphatic heterocycles. The summed E-state index contributed by atoms with van der Waals surface area (Å²) in [6.07, 6.45) is -3.85. The number of nitrogens with one attached hydrogen (secondary N) is 1. The van der Waals surface area contributed by atoms with Gasteiger partial charge < -0.3 is 5.32 Å². The Morgan fingerprint density at radius 3 is 2.56 bits per heavy atom. The second-order valence-electron chi connectivity index (χ2n) is 3.61. The van der Waals surface area contributed by atoms with Crippen molar-refractivity contribution in [2.45, 2.75) is 18.6 Å². The summed E-state index contributed by atoms with van der Waals surface area (Å²) in [4.78, 5) is 0. The highest BCUT2D eigenvalue weighted by Gasteiger charge is 2.43. The fraction of sp³-hybridized carbons (Fsp3) is 0.400. The summed E-state index contributed by atoms with van der Waals surface area (Å²) in [5.74, 6) is 0. The van der Waals surface area contributed by atoms with Crippen LogP contribution in [0.2, 0.25) is 10.0 Å². The molecule has 0 aromatic heterocycles. The van der Waals surface area contributed by atoms with Gasteiger partial charge in [-0.05, 0) is 23.6 Å². The smallest absolute Gasteiger partial charge is 0.302 e. The predicted octanol–water partition coefficient (Wildman–Crippen LogP) is 3.74. The van der Waals surface area contributed by atoms with E-state index >= 15 is 0 Å². The number of rotatable bonds is 0. The molecule has 1 aromatic carbocycles. The normalized spacial score (nSPS) is 20.7. The van der Waals surface area contributed by atoms with Gasteiger partial charge in [-0.2, -0.15) is 13.2 Å². The predicted molar refractivity (Wildman–Crippen MR) is 57.0 cm³/mol. The first-order chi connectivity index (χ1) is 7.41. The average molecular weight is 270 g/mol. The minimum atomic E-state index is -4.31. The Morgan fingerprint density at radius 1 is 1.25 bits per heavy atom. The van der Waals surface area contributed by atoms with Gasteiger partial charge in [-0.25, -0.2) is 0 Å². The standard InChI is InChI=1S/C10H8Cl2F3N/c11-7-2-1-6-5(8(7)12)3-4-16-9(6)10(13,14)15/h1-2,9,16H,3-4H2. The zero-order valence-corrected chi connectivity index (χ0v) is 9.55. The Kier molecular flexibility index (Phi) is 3.07. The van der Waals surface area contributed by atoms with E-state index < -0.39 is 12.2 Å². The molecule has 1 nitrogen and oxygen atoms in total. The zero-order chi connectivity index (χ0) is 11.9. The minimum absolute atomic E-state index is 0.174. The third-order valence-corrected chi connectivity index (χ3v) is 3.44. The summed E-state index contributed by atoms with van der Waals surface area (Å²) in [5.41, 5.74) is 0.670. The van der Waals surface area contributed by atoms with Gasteiger partial charge in [0.2, 0.25) is 0 Å². The summed E-state index contributed by atoms with van der Waals surface area (Å²) in [6, 6.07) is 1.13. The summed E-state index contributed by atoms with van der Waals surface area (Å²) >= 11 is 11.7. The van der Waals surface area contributed by atoms with Crippen molar-refractivity contribution in [1.82, 2.24) is 5.32 Å². The van der Waals surface area contributed by atoms with E-state index in [9.17, 15) is 13.2 Å². The van der Waals surface area contributed by atoms with Gasteiger partial charge in [0, 0.05) is 6.54 Å². The van der Waals surface area contributed by atoms with Crippen molar-refractivity contribution < 1.29 is 13.2 Å². The third kappa shape index (κ3) is 2.01. The quantitative estimate of drug-likeness (QED) is 0.757. The lowest BCUT2D eigenvalue weighted by molar-refractivity contribution is -0.158. The molecule has 0 saturated carbocycles. The van der Waals surface area contributed by atoms with Crippen LogP contribution in [0.3, 0.4) is 0 Å². The van der Waals surface area contributed by atoms with E-state index in [1.54, 1.807) is 0 Å². The highest BCUT2D eigenvalue weighted by atomic mass is 35.5. The van der Waals surface area contributed by atoms with Crippen LogP contribution in [0.15, 0.2) is 12.1 Å². The van der Waals surface area contributed by atoms with Crippen LogP contribution in [-0.4, -0.2) is 12.7 Å². The molecular formula is C10H8Cl2F3N. The molecule has 0 amide bonds. The molecule has 0 spiro atoms. The second-order valence-corrected chi connectivity index (χ2v) is 4.39. The lowest BCUT2D eigenvalue weighted by Crippen LogP contribution is -2.39. The van der Waals surface area contributed by atoms with Crippen LogP contribution >= 0.6 is 23.2 Å². The molecule has 1 unspecified atom stereocenters. The molecule has 0 bridgehead atoms. The van der Waals surface area contributed by atoms with E-state index in [1.807, 2.05) is 0 Å². The highest BCUT2D eigenvalue weighted by Crippen LogP contribution is 2.40. The zero-order valence-electron chi connectivity index (χ0n) is 8.04. The van der Waals surface area contributed by atoms with Gasteiger partial charge >= 0.3 is 6.18 Å². The highest BCUT2D eigenvalue weighted by molar-refractivity contribution is 6.42. The molecular weight excluding hydrogens is 262 g/mol. The second kappa shape index (κ2) is 4.09. The van der Waals surface area contributed by atoms with E-state index in [0.29, 0.717) is 17.0 Å². The molecule has 1 heterocycles. The lowest BCUT2D eigenvalue weighted by Gasteiger charge is -2.29. The minimum Gasteiger partial charge on any atom is -0.302 e. The van der Waals surface area contributed by atoms with Crippen molar-refractivity contribution in [1.29, 1.82) is 0 Å². The molecule has 0 fully saturated rings. The average Bonchev–Trinajstić information content (AvgIpc) is 2.21. The molecule has 0 radical (unpaired) electrons. The number of hydrogen-bond acceptors (Lipinski definition) is 1. The van der Waals surface area contributed by atoms with E-state index in [0.717, 1.165) is 0 Å². The van der Waals surface area contributed by atoms with E-state index in [4.69, 9.17) is 23.2 Å². The van der Waals surface area contributed by atoms with Crippen LogP contribution in [0.1, 0.15) is 17.2 Å². The molecule has 88 valence electrons. The first kappa shape index (κ1) is 12.0. The number of fused-ring (bicyclic) bond motifs is 1. The van der Waals surface area contributed by atoms with Crippen molar-refractivity contribution in [2.75, 3.05) is 6.54 Å². The summed E-state index contributed by atoms with van der Waals surface area (Å²) in [7, 11) is 0. The number of alkyl halides is 3. The van der Waals surface area contributed by atoms with Crippen LogP contribution in [0, 0.1) is 0 Å². The van der Waals surface area contributed by atoms with Crippen molar-refractivity contribution in [2.24, 2.45) is 0 Å². The van der Waals surface area contributed by atoms with Crippen LogP contribution in [0.5, 0.6) is 0 Å². The van der Waals surface area contributed by atoms with Gasteiger partial charge in [0.25, 0.3) is 0 Å². The Labute approximate surface area is 101 Å². The molecule has 1 atom stereocenters.